The van der Waals surface area contributed by atoms with Gasteiger partial charge in [-0.3, -0.25) is 0 Å². The van der Waals surface area contributed by atoms with Crippen molar-refractivity contribution in [2.24, 2.45) is 0 Å². The average molecular weight is 1150 g/mol. The minimum absolute atomic E-state index is 0. The van der Waals surface area contributed by atoms with Gasteiger partial charge in [0, 0.05) is 151 Å². The molecule has 4 radical (unpaired) electrons. The van der Waals surface area contributed by atoms with Crippen molar-refractivity contribution < 1.29 is 139 Å². The van der Waals surface area contributed by atoms with E-state index in [1.807, 2.05) is 0 Å². The van der Waals surface area contributed by atoms with Gasteiger partial charge < -0.3 is 54.1 Å². The van der Waals surface area contributed by atoms with Crippen LogP contribution >= 0.6 is 0 Å². The van der Waals surface area contributed by atoms with Gasteiger partial charge in [0.15, 0.2) is 0 Å². The van der Waals surface area contributed by atoms with Crippen molar-refractivity contribution in [1.82, 2.24) is 9.97 Å². The van der Waals surface area contributed by atoms with Crippen LogP contribution in [0.3, 0.4) is 0 Å². The molecule has 0 amide bonds. The van der Waals surface area contributed by atoms with E-state index in [2.05, 4.69) is 92.8 Å². The second-order valence-corrected chi connectivity index (χ2v) is 20.2. The normalized spacial score (nSPS) is 37.3. The van der Waals surface area contributed by atoms with E-state index in [0.29, 0.717) is 48.3 Å². The maximum absolute atomic E-state index is 5.03. The molecule has 4 saturated carbocycles. The maximum atomic E-state index is 5.03. The molecule has 16 atom stereocenters. The predicted molar refractivity (Wildman–Crippen MR) is 250 cm³/mol. The summed E-state index contributed by atoms with van der Waals surface area (Å²) in [6.45, 7) is 7.95. The molecule has 8 rings (SSSR count). The van der Waals surface area contributed by atoms with Gasteiger partial charge in [-0.15, -0.1) is 28.2 Å². The molecule has 0 spiro atoms. The second-order valence-electron chi connectivity index (χ2n) is 20.2. The molecule has 4 fully saturated rings. The molecule has 372 valence electrons. The monoisotopic (exact) mass is 1140 g/mol. The van der Waals surface area contributed by atoms with Crippen LogP contribution in [0.4, 0.5) is 0 Å². The third kappa shape index (κ3) is 17.7. The van der Waals surface area contributed by atoms with Gasteiger partial charge >= 0.3 is 0 Å². The summed E-state index contributed by atoms with van der Waals surface area (Å²) in [6.07, 6.45) is 20.7. The molecule has 4 heterocycles. The van der Waals surface area contributed by atoms with Gasteiger partial charge in [-0.25, -0.2) is 9.97 Å². The number of hydrogen-bond donors (Lipinski definition) is 8. The fourth-order valence-corrected chi connectivity index (χ4v) is 12.7. The van der Waals surface area contributed by atoms with E-state index in [1.165, 1.54) is 165 Å². The number of pyridine rings is 2. The van der Waals surface area contributed by atoms with E-state index in [-0.39, 0.29) is 114 Å². The Labute approximate surface area is 477 Å². The van der Waals surface area contributed by atoms with Crippen LogP contribution in [0.25, 0.3) is 0 Å². The number of nitrogens with zero attached hydrogens (tertiary/aromatic N) is 2. The molecule has 66 heavy (non-hydrogen) atoms. The van der Waals surface area contributed by atoms with Crippen molar-refractivity contribution in [2.45, 2.75) is 177 Å². The number of fused-ring (bicyclic) bond motifs is 8. The first-order valence-corrected chi connectivity index (χ1v) is 24.4. The molecule has 0 saturated heterocycles. The zero-order valence-electron chi connectivity index (χ0n) is 41.5. The Morgan fingerprint density at radius 2 is 0.485 bits per heavy atom. The van der Waals surface area contributed by atoms with Crippen LogP contribution in [-0.4, -0.2) is 84.5 Å². The van der Waals surface area contributed by atoms with Crippen LogP contribution < -0.4 is 39.2 Å². The van der Waals surface area contributed by atoms with Crippen LogP contribution in [0.15, 0.2) is 36.4 Å². The van der Waals surface area contributed by atoms with E-state index >= 15 is 0 Å². The van der Waals surface area contributed by atoms with Gasteiger partial charge in [-0.05, 0) is 75.6 Å². The molecule has 4 aliphatic carbocycles. The van der Waals surface area contributed by atoms with Gasteiger partial charge in [0.25, 0.3) is 0 Å². The Bertz CT molecular complexity index is 1390. The van der Waals surface area contributed by atoms with Crippen LogP contribution in [-0.2, 0) is 126 Å². The zero-order valence-corrected chi connectivity index (χ0v) is 49.6. The summed E-state index contributed by atoms with van der Waals surface area (Å²) >= 11 is 0. The predicted octanol–water partition coefficient (Wildman–Crippen LogP) is -2.26. The van der Waals surface area contributed by atoms with E-state index < -0.39 is 0 Å². The Hall–Kier alpha value is 1.23. The van der Waals surface area contributed by atoms with Crippen molar-refractivity contribution >= 4 is 0 Å². The molecule has 8 unspecified atom stereocenters. The quantitative estimate of drug-likeness (QED) is 0.114. The van der Waals surface area contributed by atoms with Gasteiger partial charge in [-0.1, -0.05) is 12.1 Å². The van der Waals surface area contributed by atoms with Crippen molar-refractivity contribution in [3.8, 4) is 0 Å². The first-order valence-electron chi connectivity index (χ1n) is 24.4. The van der Waals surface area contributed by atoms with Gasteiger partial charge in [-0.2, -0.15) is 28.2 Å². The van der Waals surface area contributed by atoms with Gasteiger partial charge in [0.1, 0.15) is 74.5 Å². The second kappa shape index (κ2) is 32.4. The number of hydrogen-bond acceptors (Lipinski definition) is 2. The average Bonchev–Trinajstić information content (AvgIpc) is 3.27. The van der Waals surface area contributed by atoms with E-state index in [4.69, 9.17) is 9.97 Å². The fourth-order valence-electron chi connectivity index (χ4n) is 12.7. The maximum Gasteiger partial charge on any atom is 0.114 e. The van der Waals surface area contributed by atoms with Gasteiger partial charge in [0.05, 0.1) is 49.0 Å². The first-order chi connectivity index (χ1) is 29.0. The molecule has 0 aromatic carbocycles. The number of aromatic nitrogens is 2. The molecule has 6 aliphatic rings. The minimum atomic E-state index is 0. The smallest absolute Gasteiger partial charge is 0.114 e. The molecule has 14 heteroatoms. The molecule has 4 bridgehead atoms. The zero-order chi connectivity index (χ0) is 42.2. The molecule has 10 nitrogen and oxygen atoms in total. The van der Waals surface area contributed by atoms with E-state index in [9.17, 15) is 0 Å². The molecule has 2 aromatic heterocycles. The topological polar surface area (TPSA) is 61.3 Å². The van der Waals surface area contributed by atoms with E-state index in [1.54, 1.807) is 0 Å². The van der Waals surface area contributed by atoms with Crippen LogP contribution in [0, 0.1) is 71.2 Å². The molecule has 2 aliphatic heterocycles. The van der Waals surface area contributed by atoms with Gasteiger partial charge in [0.2, 0.25) is 0 Å². The van der Waals surface area contributed by atoms with Crippen LogP contribution in [0.1, 0.15) is 126 Å². The summed E-state index contributed by atoms with van der Waals surface area (Å²) in [4.78, 5) is 21.2. The van der Waals surface area contributed by atoms with Crippen molar-refractivity contribution in [1.29, 1.82) is 0 Å². The Kier molecular flexibility index (Phi) is 32.0. The van der Waals surface area contributed by atoms with Crippen molar-refractivity contribution in [3.63, 3.8) is 0 Å². The van der Waals surface area contributed by atoms with E-state index in [0.717, 1.165) is 52.4 Å². The summed E-state index contributed by atoms with van der Waals surface area (Å²) in [5.74, 6) is 0. The largest absolute Gasteiger partial charge is 0.456 e. The summed E-state index contributed by atoms with van der Waals surface area (Å²) in [6, 6.07) is 17.6. The standard InChI is InChI=1S/2C25H43N5.2CH3.2Mn.2Y/c2*1-27-16-17-28(2)23-13-6-8-15-25(23)30(4)19-21-11-9-10-20(26-21)18-29(3)24-14-7-5-12-22(24)27;;;;;;/h2*9-11,22-25,27-30H,1-8,12-19H2;2*1H3;;;;/q;;2*-1;;;;/t2*22-,23-,24-,25-;;;;;;/m10....../s1. The van der Waals surface area contributed by atoms with Crippen LogP contribution in [0.5, 0.6) is 0 Å². The number of rotatable bonds is 0. The molecule has 2 aromatic rings. The number of quaternary nitrogens is 8. The summed E-state index contributed by atoms with van der Waals surface area (Å²) in [5, 5.41) is 0. The third-order valence-corrected chi connectivity index (χ3v) is 16.2. The Balaban J connectivity index is 0.000000605. The van der Waals surface area contributed by atoms with Crippen molar-refractivity contribution in [2.75, 3.05) is 26.2 Å². The SMILES string of the molecule is [CH2-][NH+]1CC[NH+]([CH2-])[C@@H]2CCCC[C@H]2[NH+]([CH2-])Cc2cccc(n2)C[NH+]([CH2-])[C@@H]2CCCC[C@H]21.[CH2-][NH+]1CC[NH+]([CH2-])[C@H]2CCCC[C@@H]2[NH+]([CH2-])Cc2cccc(n2)C[NH+]([CH2-])[C@H]2CCCC[C@@H]21.[CH3-].[CH3-].[Mn].[Mn].[Y].[Y]. The summed E-state index contributed by atoms with van der Waals surface area (Å²) in [5.41, 5.74) is 4.67. The molecule has 8 N–H and O–H groups in total. The molecular weight excluding hydrogens is 1050 g/mol. The number of nitrogens with one attached hydrogen (secondary N) is 8. The van der Waals surface area contributed by atoms with Crippen molar-refractivity contribution in [3.05, 3.63) is 130 Å². The fraction of sp³-hybridized carbons (Fsp3) is 0.615. The first kappa shape index (κ1) is 65.2. The molecular formula is C52H92Mn2N10Y2-2. The third-order valence-electron chi connectivity index (χ3n) is 16.2. The Morgan fingerprint density at radius 1 is 0.318 bits per heavy atom. The summed E-state index contributed by atoms with van der Waals surface area (Å²) in [7, 11) is 36.5. The summed E-state index contributed by atoms with van der Waals surface area (Å²) < 4.78 is 0. The minimum Gasteiger partial charge on any atom is -0.456 e. The Morgan fingerprint density at radius 3 is 0.667 bits per heavy atom. The van der Waals surface area contributed by atoms with Crippen LogP contribution in [0.2, 0.25) is 0 Å².